The standard InChI is InChI=1S/C11H12ClNO5S/c1-3-4-19(16,17)13-9-6-10(18-2)7(11(14)15)5-8(9)12/h3,5-6,13H,1,4H2,2H3,(H,14,15). The molecular weight excluding hydrogens is 294 g/mol. The molecule has 0 fully saturated rings. The molecule has 1 rings (SSSR count). The lowest BCUT2D eigenvalue weighted by molar-refractivity contribution is 0.0693. The molecule has 0 atom stereocenters. The summed E-state index contributed by atoms with van der Waals surface area (Å²) < 4.78 is 30.3. The number of rotatable bonds is 6. The summed E-state index contributed by atoms with van der Waals surface area (Å²) in [6, 6.07) is 2.33. The van der Waals surface area contributed by atoms with Crippen LogP contribution in [-0.4, -0.2) is 32.4 Å². The van der Waals surface area contributed by atoms with E-state index in [9.17, 15) is 13.2 Å². The first-order valence-corrected chi connectivity index (χ1v) is 7.06. The zero-order valence-corrected chi connectivity index (χ0v) is 11.6. The summed E-state index contributed by atoms with van der Waals surface area (Å²) in [5.41, 5.74) is -0.107. The summed E-state index contributed by atoms with van der Waals surface area (Å²) in [7, 11) is -2.35. The SMILES string of the molecule is C=CCS(=O)(=O)Nc1cc(OC)c(C(=O)O)cc1Cl. The maximum atomic E-state index is 11.6. The molecule has 19 heavy (non-hydrogen) atoms. The van der Waals surface area contributed by atoms with E-state index in [-0.39, 0.29) is 27.8 Å². The number of hydrogen-bond acceptors (Lipinski definition) is 4. The molecule has 0 aliphatic rings. The molecule has 0 saturated heterocycles. The highest BCUT2D eigenvalue weighted by atomic mass is 35.5. The van der Waals surface area contributed by atoms with E-state index in [0.717, 1.165) is 6.07 Å². The van der Waals surface area contributed by atoms with Crippen LogP contribution in [0.25, 0.3) is 0 Å². The Labute approximate surface area is 115 Å². The van der Waals surface area contributed by atoms with E-state index in [1.54, 1.807) is 0 Å². The smallest absolute Gasteiger partial charge is 0.339 e. The summed E-state index contributed by atoms with van der Waals surface area (Å²) in [6.45, 7) is 3.33. The lowest BCUT2D eigenvalue weighted by atomic mass is 10.2. The second-order valence-corrected chi connectivity index (χ2v) is 5.68. The Morgan fingerprint density at radius 3 is 2.68 bits per heavy atom. The molecule has 1 aromatic rings. The van der Waals surface area contributed by atoms with Gasteiger partial charge in [-0.1, -0.05) is 17.7 Å². The molecule has 0 aliphatic carbocycles. The topological polar surface area (TPSA) is 92.7 Å². The highest BCUT2D eigenvalue weighted by Crippen LogP contribution is 2.31. The minimum Gasteiger partial charge on any atom is -0.496 e. The number of methoxy groups -OCH3 is 1. The lowest BCUT2D eigenvalue weighted by Gasteiger charge is -2.12. The van der Waals surface area contributed by atoms with Gasteiger partial charge in [-0.3, -0.25) is 4.72 Å². The van der Waals surface area contributed by atoms with Crippen LogP contribution < -0.4 is 9.46 Å². The van der Waals surface area contributed by atoms with Gasteiger partial charge in [0.05, 0.1) is 23.6 Å². The van der Waals surface area contributed by atoms with Crippen molar-refractivity contribution in [3.63, 3.8) is 0 Å². The van der Waals surface area contributed by atoms with Gasteiger partial charge in [0, 0.05) is 6.07 Å². The van der Waals surface area contributed by atoms with Crippen LogP contribution in [0, 0.1) is 0 Å². The van der Waals surface area contributed by atoms with Crippen LogP contribution in [0.2, 0.25) is 5.02 Å². The Morgan fingerprint density at radius 1 is 1.58 bits per heavy atom. The normalized spacial score (nSPS) is 10.8. The Balaban J connectivity index is 3.24. The van der Waals surface area contributed by atoms with Crippen LogP contribution >= 0.6 is 11.6 Å². The molecule has 104 valence electrons. The number of aromatic carboxylic acids is 1. The zero-order chi connectivity index (χ0) is 14.6. The first-order chi connectivity index (χ1) is 8.80. The zero-order valence-electron chi connectivity index (χ0n) is 10.0. The molecule has 0 heterocycles. The van der Waals surface area contributed by atoms with Crippen molar-refractivity contribution in [1.82, 2.24) is 0 Å². The monoisotopic (exact) mass is 305 g/mol. The fraction of sp³-hybridized carbons (Fsp3) is 0.182. The third-order valence-corrected chi connectivity index (χ3v) is 3.64. The van der Waals surface area contributed by atoms with E-state index < -0.39 is 16.0 Å². The van der Waals surface area contributed by atoms with Crippen molar-refractivity contribution in [2.45, 2.75) is 0 Å². The van der Waals surface area contributed by atoms with E-state index in [4.69, 9.17) is 21.4 Å². The fourth-order valence-electron chi connectivity index (χ4n) is 1.33. The molecule has 2 N–H and O–H groups in total. The van der Waals surface area contributed by atoms with Crippen LogP contribution in [-0.2, 0) is 10.0 Å². The molecule has 0 bridgehead atoms. The van der Waals surface area contributed by atoms with Crippen LogP contribution in [0.1, 0.15) is 10.4 Å². The van der Waals surface area contributed by atoms with Crippen molar-refractivity contribution < 1.29 is 23.1 Å². The van der Waals surface area contributed by atoms with Crippen LogP contribution in [0.3, 0.4) is 0 Å². The van der Waals surface area contributed by atoms with E-state index in [0.29, 0.717) is 0 Å². The van der Waals surface area contributed by atoms with Gasteiger partial charge in [0.25, 0.3) is 0 Å². The van der Waals surface area contributed by atoms with Crippen LogP contribution in [0.15, 0.2) is 24.8 Å². The summed E-state index contributed by atoms with van der Waals surface area (Å²) >= 11 is 5.84. The molecule has 6 nitrogen and oxygen atoms in total. The number of carboxylic acids is 1. The van der Waals surface area contributed by atoms with Crippen molar-refractivity contribution in [2.24, 2.45) is 0 Å². The molecule has 0 amide bonds. The number of halogens is 1. The molecule has 0 aliphatic heterocycles. The average molecular weight is 306 g/mol. The number of carbonyl (C=O) groups is 1. The third kappa shape index (κ3) is 3.87. The van der Waals surface area contributed by atoms with E-state index >= 15 is 0 Å². The number of benzene rings is 1. The molecule has 1 aromatic carbocycles. The molecular formula is C11H12ClNO5S. The van der Waals surface area contributed by atoms with Crippen molar-refractivity contribution in [3.8, 4) is 5.75 Å². The van der Waals surface area contributed by atoms with Crippen molar-refractivity contribution >= 4 is 33.3 Å². The maximum absolute atomic E-state index is 11.6. The lowest BCUT2D eigenvalue weighted by Crippen LogP contribution is -2.16. The van der Waals surface area contributed by atoms with E-state index in [1.165, 1.54) is 19.3 Å². The number of nitrogens with one attached hydrogen (secondary N) is 1. The van der Waals surface area contributed by atoms with Gasteiger partial charge >= 0.3 is 5.97 Å². The predicted octanol–water partition coefficient (Wildman–Crippen LogP) is 1.97. The summed E-state index contributed by atoms with van der Waals surface area (Å²) in [4.78, 5) is 10.9. The van der Waals surface area contributed by atoms with Gasteiger partial charge in [0.1, 0.15) is 11.3 Å². The molecule has 0 unspecified atom stereocenters. The number of sulfonamides is 1. The largest absolute Gasteiger partial charge is 0.496 e. The third-order valence-electron chi connectivity index (χ3n) is 2.12. The summed E-state index contributed by atoms with van der Waals surface area (Å²) in [5, 5.41) is 8.90. The fourth-order valence-corrected chi connectivity index (χ4v) is 2.50. The van der Waals surface area contributed by atoms with Gasteiger partial charge in [-0.2, -0.15) is 0 Å². The van der Waals surface area contributed by atoms with E-state index in [2.05, 4.69) is 11.3 Å². The van der Waals surface area contributed by atoms with Gasteiger partial charge in [0.15, 0.2) is 0 Å². The first kappa shape index (κ1) is 15.3. The minimum atomic E-state index is -3.62. The Bertz CT molecular complexity index is 612. The van der Waals surface area contributed by atoms with Crippen molar-refractivity contribution in [3.05, 3.63) is 35.4 Å². The van der Waals surface area contributed by atoms with Crippen molar-refractivity contribution in [1.29, 1.82) is 0 Å². The Morgan fingerprint density at radius 2 is 2.21 bits per heavy atom. The number of hydrogen-bond donors (Lipinski definition) is 2. The first-order valence-electron chi connectivity index (χ1n) is 5.03. The highest BCUT2D eigenvalue weighted by molar-refractivity contribution is 7.92. The highest BCUT2D eigenvalue weighted by Gasteiger charge is 2.17. The quantitative estimate of drug-likeness (QED) is 0.784. The second kappa shape index (κ2) is 5.94. The molecule has 8 heteroatoms. The minimum absolute atomic E-state index is 0.00760. The molecule has 0 aromatic heterocycles. The Hall–Kier alpha value is -1.73. The van der Waals surface area contributed by atoms with Gasteiger partial charge in [-0.05, 0) is 6.07 Å². The maximum Gasteiger partial charge on any atom is 0.339 e. The van der Waals surface area contributed by atoms with Crippen LogP contribution in [0.5, 0.6) is 5.75 Å². The molecule has 0 spiro atoms. The average Bonchev–Trinajstić information content (AvgIpc) is 2.30. The van der Waals surface area contributed by atoms with Crippen LogP contribution in [0.4, 0.5) is 5.69 Å². The van der Waals surface area contributed by atoms with Gasteiger partial charge in [-0.15, -0.1) is 6.58 Å². The molecule has 0 saturated carbocycles. The predicted molar refractivity (Wildman–Crippen MR) is 72.6 cm³/mol. The van der Waals surface area contributed by atoms with E-state index in [1.807, 2.05) is 0 Å². The second-order valence-electron chi connectivity index (χ2n) is 3.51. The summed E-state index contributed by atoms with van der Waals surface area (Å²) in [6.07, 6.45) is 1.22. The number of carboxylic acid groups (broad SMARTS) is 1. The van der Waals surface area contributed by atoms with Gasteiger partial charge < -0.3 is 9.84 Å². The van der Waals surface area contributed by atoms with Gasteiger partial charge in [0.2, 0.25) is 10.0 Å². The molecule has 0 radical (unpaired) electrons. The van der Waals surface area contributed by atoms with Crippen molar-refractivity contribution in [2.75, 3.05) is 17.6 Å². The Kier molecular flexibility index (Phi) is 4.79. The number of anilines is 1. The van der Waals surface area contributed by atoms with Gasteiger partial charge in [-0.25, -0.2) is 13.2 Å². The summed E-state index contributed by atoms with van der Waals surface area (Å²) in [5.74, 6) is -1.50. The number of ether oxygens (including phenoxy) is 1.